The molecule has 0 aliphatic heterocycles. The van der Waals surface area contributed by atoms with Crippen LogP contribution in [0.1, 0.15) is 28.4 Å². The average molecular weight is 300 g/mol. The standard InChI is InChI=1S/C18H20O4/c1-12-9-15(16(19)18(20)21-3)10-13(2)17(12)22-11-14-7-5-4-6-8-14/h4-10,16,19H,11H2,1-3H3. The first-order chi connectivity index (χ1) is 10.5. The summed E-state index contributed by atoms with van der Waals surface area (Å²) in [5.41, 5.74) is 3.33. The topological polar surface area (TPSA) is 55.8 Å². The van der Waals surface area contributed by atoms with E-state index in [4.69, 9.17) is 4.74 Å². The van der Waals surface area contributed by atoms with Crippen molar-refractivity contribution < 1.29 is 19.4 Å². The van der Waals surface area contributed by atoms with Crippen molar-refractivity contribution in [3.63, 3.8) is 0 Å². The minimum absolute atomic E-state index is 0.474. The molecule has 116 valence electrons. The van der Waals surface area contributed by atoms with E-state index >= 15 is 0 Å². The summed E-state index contributed by atoms with van der Waals surface area (Å²) in [6, 6.07) is 13.4. The van der Waals surface area contributed by atoms with Crippen LogP contribution in [0.25, 0.3) is 0 Å². The lowest BCUT2D eigenvalue weighted by Crippen LogP contribution is -2.14. The smallest absolute Gasteiger partial charge is 0.339 e. The zero-order chi connectivity index (χ0) is 16.1. The number of benzene rings is 2. The van der Waals surface area contributed by atoms with Crippen LogP contribution in [-0.2, 0) is 16.1 Å². The summed E-state index contributed by atoms with van der Waals surface area (Å²) in [4.78, 5) is 11.4. The van der Waals surface area contributed by atoms with E-state index < -0.39 is 12.1 Å². The Kier molecular flexibility index (Phi) is 5.17. The summed E-state index contributed by atoms with van der Waals surface area (Å²) in [6.45, 7) is 4.25. The predicted octanol–water partition coefficient (Wildman–Crippen LogP) is 3.09. The summed E-state index contributed by atoms with van der Waals surface area (Å²) in [5.74, 6) is 0.0985. The molecule has 22 heavy (non-hydrogen) atoms. The monoisotopic (exact) mass is 300 g/mol. The minimum Gasteiger partial charge on any atom is -0.488 e. The van der Waals surface area contributed by atoms with Crippen molar-refractivity contribution >= 4 is 5.97 Å². The molecule has 2 rings (SSSR count). The third-order valence-corrected chi connectivity index (χ3v) is 3.45. The Balaban J connectivity index is 2.18. The molecule has 4 nitrogen and oxygen atoms in total. The molecule has 0 radical (unpaired) electrons. The van der Waals surface area contributed by atoms with Crippen molar-refractivity contribution in [3.8, 4) is 5.75 Å². The van der Waals surface area contributed by atoms with Crippen LogP contribution in [0.4, 0.5) is 0 Å². The number of aryl methyl sites for hydroxylation is 2. The molecule has 2 aromatic rings. The van der Waals surface area contributed by atoms with E-state index in [2.05, 4.69) is 4.74 Å². The molecule has 0 amide bonds. The van der Waals surface area contributed by atoms with Crippen LogP contribution in [0, 0.1) is 13.8 Å². The highest BCUT2D eigenvalue weighted by Gasteiger charge is 2.20. The van der Waals surface area contributed by atoms with Crippen molar-refractivity contribution in [3.05, 3.63) is 64.7 Å². The molecular weight excluding hydrogens is 280 g/mol. The van der Waals surface area contributed by atoms with Gasteiger partial charge in [-0.2, -0.15) is 0 Å². The first-order valence-electron chi connectivity index (χ1n) is 7.06. The fourth-order valence-electron chi connectivity index (χ4n) is 2.35. The maximum atomic E-state index is 11.4. The van der Waals surface area contributed by atoms with Crippen LogP contribution in [-0.4, -0.2) is 18.2 Å². The number of rotatable bonds is 5. The molecule has 4 heteroatoms. The molecule has 2 aromatic carbocycles. The zero-order valence-electron chi connectivity index (χ0n) is 13.0. The quantitative estimate of drug-likeness (QED) is 0.862. The highest BCUT2D eigenvalue weighted by atomic mass is 16.5. The fraction of sp³-hybridized carbons (Fsp3) is 0.278. The van der Waals surface area contributed by atoms with E-state index in [9.17, 15) is 9.90 Å². The number of hydrogen-bond donors (Lipinski definition) is 1. The fourth-order valence-corrected chi connectivity index (χ4v) is 2.35. The van der Waals surface area contributed by atoms with E-state index in [0.717, 1.165) is 22.4 Å². The Labute approximate surface area is 130 Å². The second-order valence-electron chi connectivity index (χ2n) is 5.18. The Morgan fingerprint density at radius 3 is 2.27 bits per heavy atom. The normalized spacial score (nSPS) is 11.8. The van der Waals surface area contributed by atoms with Crippen molar-refractivity contribution in [2.45, 2.75) is 26.6 Å². The maximum Gasteiger partial charge on any atom is 0.339 e. The maximum absolute atomic E-state index is 11.4. The van der Waals surface area contributed by atoms with E-state index in [1.54, 1.807) is 12.1 Å². The summed E-state index contributed by atoms with van der Waals surface area (Å²) in [5, 5.41) is 9.92. The Hall–Kier alpha value is -2.33. The van der Waals surface area contributed by atoms with E-state index in [-0.39, 0.29) is 0 Å². The first kappa shape index (κ1) is 16.0. The van der Waals surface area contributed by atoms with Gasteiger partial charge in [0.2, 0.25) is 0 Å². The molecule has 0 heterocycles. The number of methoxy groups -OCH3 is 1. The number of aliphatic hydroxyl groups excluding tert-OH is 1. The summed E-state index contributed by atoms with van der Waals surface area (Å²) in [6.07, 6.45) is -1.27. The number of esters is 1. The SMILES string of the molecule is COC(=O)C(O)c1cc(C)c(OCc2ccccc2)c(C)c1. The summed E-state index contributed by atoms with van der Waals surface area (Å²) >= 11 is 0. The lowest BCUT2D eigenvalue weighted by molar-refractivity contribution is -0.150. The largest absolute Gasteiger partial charge is 0.488 e. The molecular formula is C18H20O4. The third-order valence-electron chi connectivity index (χ3n) is 3.45. The first-order valence-corrected chi connectivity index (χ1v) is 7.06. The summed E-state index contributed by atoms with van der Waals surface area (Å²) < 4.78 is 10.4. The van der Waals surface area contributed by atoms with Gasteiger partial charge in [-0.25, -0.2) is 4.79 Å². The molecule has 1 unspecified atom stereocenters. The van der Waals surface area contributed by atoms with Gasteiger partial charge in [0.1, 0.15) is 12.4 Å². The van der Waals surface area contributed by atoms with Gasteiger partial charge in [-0.1, -0.05) is 30.3 Å². The molecule has 0 aromatic heterocycles. The van der Waals surface area contributed by atoms with Crippen LogP contribution >= 0.6 is 0 Å². The highest BCUT2D eigenvalue weighted by Crippen LogP contribution is 2.28. The van der Waals surface area contributed by atoms with Crippen LogP contribution in [0.2, 0.25) is 0 Å². The molecule has 0 saturated carbocycles. The van der Waals surface area contributed by atoms with Gasteiger partial charge in [0.15, 0.2) is 6.10 Å². The zero-order valence-corrected chi connectivity index (χ0v) is 13.0. The second-order valence-corrected chi connectivity index (χ2v) is 5.18. The lowest BCUT2D eigenvalue weighted by atomic mass is 10.0. The molecule has 0 fully saturated rings. The van der Waals surface area contributed by atoms with Crippen LogP contribution < -0.4 is 4.74 Å². The van der Waals surface area contributed by atoms with Crippen molar-refractivity contribution in [1.82, 2.24) is 0 Å². The van der Waals surface area contributed by atoms with Gasteiger partial charge in [-0.15, -0.1) is 0 Å². The Morgan fingerprint density at radius 1 is 1.14 bits per heavy atom. The molecule has 1 N–H and O–H groups in total. The molecule has 0 aliphatic rings. The number of ether oxygens (including phenoxy) is 2. The lowest BCUT2D eigenvalue weighted by Gasteiger charge is -2.16. The van der Waals surface area contributed by atoms with Crippen LogP contribution in [0.3, 0.4) is 0 Å². The number of hydrogen-bond acceptors (Lipinski definition) is 4. The predicted molar refractivity (Wildman–Crippen MR) is 83.7 cm³/mol. The molecule has 0 aliphatic carbocycles. The van der Waals surface area contributed by atoms with Gasteiger partial charge in [-0.3, -0.25) is 0 Å². The van der Waals surface area contributed by atoms with Gasteiger partial charge in [0, 0.05) is 0 Å². The number of carbonyl (C=O) groups excluding carboxylic acids is 1. The van der Waals surface area contributed by atoms with E-state index in [0.29, 0.717) is 12.2 Å². The van der Waals surface area contributed by atoms with Gasteiger partial charge in [0.05, 0.1) is 7.11 Å². The highest BCUT2D eigenvalue weighted by molar-refractivity contribution is 5.76. The Morgan fingerprint density at radius 2 is 1.73 bits per heavy atom. The molecule has 0 bridgehead atoms. The summed E-state index contributed by atoms with van der Waals surface area (Å²) in [7, 11) is 1.25. The minimum atomic E-state index is -1.27. The third kappa shape index (κ3) is 3.65. The molecule has 1 atom stereocenters. The van der Waals surface area contributed by atoms with E-state index in [1.165, 1.54) is 7.11 Å². The van der Waals surface area contributed by atoms with Gasteiger partial charge in [-0.05, 0) is 48.2 Å². The van der Waals surface area contributed by atoms with Crippen LogP contribution in [0.15, 0.2) is 42.5 Å². The van der Waals surface area contributed by atoms with Gasteiger partial charge < -0.3 is 14.6 Å². The van der Waals surface area contributed by atoms with Gasteiger partial charge in [0.25, 0.3) is 0 Å². The second kappa shape index (κ2) is 7.09. The van der Waals surface area contributed by atoms with E-state index in [1.807, 2.05) is 44.2 Å². The molecule has 0 spiro atoms. The average Bonchev–Trinajstić information content (AvgIpc) is 2.53. The molecule has 0 saturated heterocycles. The van der Waals surface area contributed by atoms with Gasteiger partial charge >= 0.3 is 5.97 Å². The van der Waals surface area contributed by atoms with Crippen molar-refractivity contribution in [2.24, 2.45) is 0 Å². The Bertz CT molecular complexity index is 626. The van der Waals surface area contributed by atoms with Crippen LogP contribution in [0.5, 0.6) is 5.75 Å². The van der Waals surface area contributed by atoms with Crippen molar-refractivity contribution in [1.29, 1.82) is 0 Å². The number of carbonyl (C=O) groups is 1. The van der Waals surface area contributed by atoms with Crippen molar-refractivity contribution in [2.75, 3.05) is 7.11 Å². The number of aliphatic hydroxyl groups is 1.